The fraction of sp³-hybridized carbons (Fsp3) is 0.240. The molecule has 36 heavy (non-hydrogen) atoms. The van der Waals surface area contributed by atoms with Crippen molar-refractivity contribution in [2.75, 3.05) is 31.1 Å². The largest absolute Gasteiger partial charge is 0.368 e. The molecule has 0 bridgehead atoms. The molecular formula is C25H24ClN5O3S2. The van der Waals surface area contributed by atoms with Crippen LogP contribution in [-0.2, 0) is 14.8 Å². The number of halogens is 1. The van der Waals surface area contributed by atoms with Crippen molar-refractivity contribution in [2.45, 2.75) is 17.9 Å². The van der Waals surface area contributed by atoms with E-state index in [1.54, 1.807) is 41.3 Å². The summed E-state index contributed by atoms with van der Waals surface area (Å²) in [5.74, 6) is -0.296. The topological polar surface area (TPSA) is 95.5 Å². The lowest BCUT2D eigenvalue weighted by molar-refractivity contribution is -0.133. The summed E-state index contributed by atoms with van der Waals surface area (Å²) in [6, 6.07) is 18.4. The van der Waals surface area contributed by atoms with Gasteiger partial charge < -0.3 is 9.80 Å². The van der Waals surface area contributed by atoms with Crippen molar-refractivity contribution in [3.63, 3.8) is 0 Å². The van der Waals surface area contributed by atoms with Crippen LogP contribution in [0.3, 0.4) is 0 Å². The Morgan fingerprint density at radius 1 is 1.00 bits per heavy atom. The van der Waals surface area contributed by atoms with Gasteiger partial charge in [0.2, 0.25) is 15.9 Å². The Kier molecular flexibility index (Phi) is 6.94. The Morgan fingerprint density at radius 3 is 2.50 bits per heavy atom. The average Bonchev–Trinajstić information content (AvgIpc) is 3.38. The van der Waals surface area contributed by atoms with Crippen LogP contribution in [0.15, 0.2) is 71.6 Å². The quantitative estimate of drug-likeness (QED) is 0.396. The summed E-state index contributed by atoms with van der Waals surface area (Å²) >= 11 is 7.15. The first-order chi connectivity index (χ1) is 17.3. The van der Waals surface area contributed by atoms with Gasteiger partial charge in [0, 0.05) is 36.9 Å². The molecule has 1 saturated heterocycles. The van der Waals surface area contributed by atoms with Crippen LogP contribution in [0.4, 0.5) is 5.69 Å². The summed E-state index contributed by atoms with van der Waals surface area (Å²) < 4.78 is 37.8. The minimum atomic E-state index is -4.07. The van der Waals surface area contributed by atoms with Gasteiger partial charge in [0.25, 0.3) is 0 Å². The van der Waals surface area contributed by atoms with Crippen molar-refractivity contribution in [2.24, 2.45) is 0 Å². The third-order valence-electron chi connectivity index (χ3n) is 6.29. The molecule has 11 heteroatoms. The van der Waals surface area contributed by atoms with Crippen LogP contribution < -0.4 is 9.62 Å². The molecule has 2 heterocycles. The van der Waals surface area contributed by atoms with Crippen molar-refractivity contribution < 1.29 is 13.2 Å². The number of sulfonamides is 1. The van der Waals surface area contributed by atoms with Crippen LogP contribution >= 0.6 is 23.3 Å². The smallest absolute Gasteiger partial charge is 0.245 e. The number of carbonyl (C=O) groups is 1. The molecule has 1 aliphatic heterocycles. The van der Waals surface area contributed by atoms with E-state index in [-0.39, 0.29) is 10.8 Å². The number of hydrogen-bond acceptors (Lipinski definition) is 7. The number of amides is 1. The highest BCUT2D eigenvalue weighted by Crippen LogP contribution is 2.27. The predicted molar refractivity (Wildman–Crippen MR) is 142 cm³/mol. The molecule has 0 spiro atoms. The molecule has 1 amide bonds. The third-order valence-corrected chi connectivity index (χ3v) is 8.53. The van der Waals surface area contributed by atoms with Crippen molar-refractivity contribution >= 4 is 56.0 Å². The number of hydrogen-bond donors (Lipinski definition) is 1. The maximum atomic E-state index is 13.7. The molecule has 1 aliphatic rings. The highest BCUT2D eigenvalue weighted by atomic mass is 35.5. The summed E-state index contributed by atoms with van der Waals surface area (Å²) in [7, 11) is -4.07. The number of anilines is 1. The normalized spacial score (nSPS) is 15.3. The summed E-state index contributed by atoms with van der Waals surface area (Å²) in [6.45, 7) is 4.18. The van der Waals surface area contributed by atoms with Crippen molar-refractivity contribution in [3.8, 4) is 0 Å². The second kappa shape index (κ2) is 10.1. The molecule has 3 aromatic carbocycles. The standard InChI is InChI=1S/C25H24ClN5O3S2/c1-17-10-11-19(26)16-21(17)30-12-14-31(15-13-30)25(32)23(18-6-3-2-4-7-18)29-36(33,34)22-9-5-8-20-24(22)28-35-27-20/h2-11,16,23,29H,12-15H2,1H3. The average molecular weight is 542 g/mol. The summed E-state index contributed by atoms with van der Waals surface area (Å²) in [5, 5.41) is 0.665. The Morgan fingerprint density at radius 2 is 1.75 bits per heavy atom. The Balaban J connectivity index is 1.39. The third kappa shape index (κ3) is 4.94. The van der Waals surface area contributed by atoms with Gasteiger partial charge in [-0.2, -0.15) is 13.5 Å². The second-order valence-electron chi connectivity index (χ2n) is 8.60. The Hall–Kier alpha value is -3.05. The zero-order chi connectivity index (χ0) is 25.3. The lowest BCUT2D eigenvalue weighted by atomic mass is 10.1. The van der Waals surface area contributed by atoms with Crippen molar-refractivity contribution in [1.29, 1.82) is 0 Å². The number of rotatable bonds is 6. The fourth-order valence-corrected chi connectivity index (χ4v) is 6.51. The van der Waals surface area contributed by atoms with Gasteiger partial charge >= 0.3 is 0 Å². The van der Waals surface area contributed by atoms with Gasteiger partial charge in [-0.3, -0.25) is 4.79 Å². The van der Waals surface area contributed by atoms with Gasteiger partial charge in [-0.15, -0.1) is 0 Å². The lowest BCUT2D eigenvalue weighted by Crippen LogP contribution is -2.52. The first-order valence-electron chi connectivity index (χ1n) is 11.4. The summed E-state index contributed by atoms with van der Waals surface area (Å²) in [4.78, 5) is 17.6. The molecule has 4 aromatic rings. The number of aromatic nitrogens is 2. The van der Waals surface area contributed by atoms with E-state index in [2.05, 4.69) is 18.4 Å². The van der Waals surface area contributed by atoms with Crippen molar-refractivity contribution in [3.05, 3.63) is 82.9 Å². The highest BCUT2D eigenvalue weighted by molar-refractivity contribution is 7.89. The molecule has 0 radical (unpaired) electrons. The van der Waals surface area contributed by atoms with Crippen LogP contribution in [0.25, 0.3) is 11.0 Å². The van der Waals surface area contributed by atoms with E-state index >= 15 is 0 Å². The fourth-order valence-electron chi connectivity index (χ4n) is 4.40. The van der Waals surface area contributed by atoms with E-state index in [0.717, 1.165) is 23.0 Å². The number of carbonyl (C=O) groups excluding carboxylic acids is 1. The van der Waals surface area contributed by atoms with Crippen molar-refractivity contribution in [1.82, 2.24) is 18.4 Å². The molecule has 1 N–H and O–H groups in total. The van der Waals surface area contributed by atoms with E-state index in [0.29, 0.717) is 47.8 Å². The van der Waals surface area contributed by atoms with Gasteiger partial charge in [-0.1, -0.05) is 54.1 Å². The molecule has 1 atom stereocenters. The molecule has 1 unspecified atom stereocenters. The molecule has 1 aromatic heterocycles. The number of aryl methyl sites for hydroxylation is 1. The molecule has 0 saturated carbocycles. The van der Waals surface area contributed by atoms with E-state index in [1.165, 1.54) is 6.07 Å². The van der Waals surface area contributed by atoms with Gasteiger partial charge in [0.1, 0.15) is 22.0 Å². The Bertz CT molecular complexity index is 1500. The van der Waals surface area contributed by atoms with E-state index in [1.807, 2.05) is 31.2 Å². The zero-order valence-electron chi connectivity index (χ0n) is 19.5. The van der Waals surface area contributed by atoms with Gasteiger partial charge in [-0.05, 0) is 42.3 Å². The van der Waals surface area contributed by atoms with E-state index in [4.69, 9.17) is 11.6 Å². The SMILES string of the molecule is Cc1ccc(Cl)cc1N1CCN(C(=O)C(NS(=O)(=O)c2cccc3nsnc23)c2ccccc2)CC1. The number of benzene rings is 3. The van der Waals surface area contributed by atoms with Crippen LogP contribution in [0.2, 0.25) is 5.02 Å². The van der Waals surface area contributed by atoms with Crippen LogP contribution in [0, 0.1) is 6.92 Å². The monoisotopic (exact) mass is 541 g/mol. The van der Waals surface area contributed by atoms with E-state index in [9.17, 15) is 13.2 Å². The molecular weight excluding hydrogens is 518 g/mol. The minimum Gasteiger partial charge on any atom is -0.368 e. The number of nitrogens with zero attached hydrogens (tertiary/aromatic N) is 4. The summed E-state index contributed by atoms with van der Waals surface area (Å²) in [5.41, 5.74) is 3.51. The zero-order valence-corrected chi connectivity index (χ0v) is 21.9. The first-order valence-corrected chi connectivity index (χ1v) is 14.0. The number of nitrogens with one attached hydrogen (secondary N) is 1. The van der Waals surface area contributed by atoms with Crippen LogP contribution in [0.1, 0.15) is 17.2 Å². The van der Waals surface area contributed by atoms with Crippen LogP contribution in [-0.4, -0.2) is 54.2 Å². The number of fused-ring (bicyclic) bond motifs is 1. The maximum absolute atomic E-state index is 13.7. The molecule has 1 fully saturated rings. The first kappa shape index (κ1) is 24.6. The maximum Gasteiger partial charge on any atom is 0.245 e. The minimum absolute atomic E-state index is 0.00346. The molecule has 0 aliphatic carbocycles. The van der Waals surface area contributed by atoms with Gasteiger partial charge in [0.05, 0.1) is 11.7 Å². The van der Waals surface area contributed by atoms with Gasteiger partial charge in [-0.25, -0.2) is 8.42 Å². The van der Waals surface area contributed by atoms with E-state index < -0.39 is 16.1 Å². The lowest BCUT2D eigenvalue weighted by Gasteiger charge is -2.38. The summed E-state index contributed by atoms with van der Waals surface area (Å²) in [6.07, 6.45) is 0. The predicted octanol–water partition coefficient (Wildman–Crippen LogP) is 4.02. The number of piperazine rings is 1. The highest BCUT2D eigenvalue weighted by Gasteiger charge is 2.33. The van der Waals surface area contributed by atoms with Gasteiger partial charge in [0.15, 0.2) is 0 Å². The molecule has 8 nitrogen and oxygen atoms in total. The Labute approximate surface area is 218 Å². The molecule has 5 rings (SSSR count). The van der Waals surface area contributed by atoms with Crippen LogP contribution in [0.5, 0.6) is 0 Å². The second-order valence-corrected chi connectivity index (χ2v) is 11.2. The molecule has 186 valence electrons.